The first-order valence-electron chi connectivity index (χ1n) is 12.4. The molecule has 1 amide bonds. The number of phenols is 1. The number of anilines is 2. The van der Waals surface area contributed by atoms with Gasteiger partial charge in [0.15, 0.2) is 5.67 Å². The standard InChI is InChI=1S/C30H21ClF2N6O2/c31-20-16-19(9-10-24(20)40)36-29-35-13-11-22(37-29)25-23-8-1-2-14-39(23)38-27(25)17-5-3-6-18(15-17)30(33)12-4-7-21(32)26(30)28(34)41/h1-16,26,40H,(H2,34,41)(H,35,36,37). The average molecular weight is 571 g/mol. The van der Waals surface area contributed by atoms with E-state index >= 15 is 4.39 Å². The number of nitrogens with two attached hydrogens (primary N) is 1. The minimum Gasteiger partial charge on any atom is -0.506 e. The molecule has 3 heterocycles. The van der Waals surface area contributed by atoms with Gasteiger partial charge in [-0.15, -0.1) is 0 Å². The Kier molecular flexibility index (Phi) is 6.47. The molecule has 5 aromatic rings. The number of phenolic OH excluding ortho intramolecular Hbond substituents is 1. The summed E-state index contributed by atoms with van der Waals surface area (Å²) in [6.45, 7) is 0. The number of rotatable bonds is 6. The minimum atomic E-state index is -2.49. The molecule has 11 heteroatoms. The number of nitrogens with one attached hydrogen (secondary N) is 1. The lowest BCUT2D eigenvalue weighted by atomic mass is 9.78. The van der Waals surface area contributed by atoms with Crippen LogP contribution in [0.4, 0.5) is 20.4 Å². The van der Waals surface area contributed by atoms with Crippen LogP contribution in [-0.2, 0) is 10.5 Å². The van der Waals surface area contributed by atoms with Gasteiger partial charge in [-0.25, -0.2) is 23.3 Å². The maximum Gasteiger partial charge on any atom is 0.231 e. The summed E-state index contributed by atoms with van der Waals surface area (Å²) in [6, 6.07) is 18.3. The zero-order valence-corrected chi connectivity index (χ0v) is 21.9. The van der Waals surface area contributed by atoms with E-state index in [1.54, 1.807) is 47.2 Å². The van der Waals surface area contributed by atoms with Gasteiger partial charge in [-0.1, -0.05) is 41.9 Å². The van der Waals surface area contributed by atoms with Gasteiger partial charge in [0, 0.05) is 23.6 Å². The largest absolute Gasteiger partial charge is 0.506 e. The van der Waals surface area contributed by atoms with Crippen molar-refractivity contribution in [3.63, 3.8) is 0 Å². The monoisotopic (exact) mass is 570 g/mol. The number of halogens is 3. The molecular formula is C30H21ClF2N6O2. The molecule has 1 aliphatic carbocycles. The molecular weight excluding hydrogens is 550 g/mol. The number of pyridine rings is 1. The summed E-state index contributed by atoms with van der Waals surface area (Å²) in [6.07, 6.45) is 6.75. The summed E-state index contributed by atoms with van der Waals surface area (Å²) in [7, 11) is 0. The summed E-state index contributed by atoms with van der Waals surface area (Å²) in [4.78, 5) is 21.1. The second-order valence-electron chi connectivity index (χ2n) is 9.41. The van der Waals surface area contributed by atoms with Crippen molar-refractivity contribution in [2.24, 2.45) is 11.7 Å². The zero-order valence-electron chi connectivity index (χ0n) is 21.2. The lowest BCUT2D eigenvalue weighted by Crippen LogP contribution is -2.40. The number of benzene rings is 2. The van der Waals surface area contributed by atoms with Crippen LogP contribution < -0.4 is 11.1 Å². The predicted molar refractivity (Wildman–Crippen MR) is 152 cm³/mol. The molecule has 1 aliphatic rings. The second kappa shape index (κ2) is 10.1. The van der Waals surface area contributed by atoms with Gasteiger partial charge in [0.25, 0.3) is 0 Å². The van der Waals surface area contributed by atoms with Gasteiger partial charge in [-0.05, 0) is 60.2 Å². The normalized spacial score (nSPS) is 18.3. The van der Waals surface area contributed by atoms with Crippen LogP contribution in [-0.4, -0.2) is 30.6 Å². The molecule has 6 rings (SSSR count). The Hall–Kier alpha value is -5.09. The highest BCUT2D eigenvalue weighted by Crippen LogP contribution is 2.44. The first kappa shape index (κ1) is 26.1. The smallest absolute Gasteiger partial charge is 0.231 e. The number of primary amides is 1. The number of aromatic hydroxyl groups is 1. The topological polar surface area (TPSA) is 118 Å². The summed E-state index contributed by atoms with van der Waals surface area (Å²) in [5, 5.41) is 17.7. The SMILES string of the molecule is NC(=O)C1C(F)=CC=CC1(F)c1cccc(-c2nn3ccccc3c2-c2ccnc(Nc3ccc(O)c(Cl)c3)n2)c1. The molecule has 0 radical (unpaired) electrons. The van der Waals surface area contributed by atoms with E-state index in [0.29, 0.717) is 28.2 Å². The molecule has 4 N–H and O–H groups in total. The van der Waals surface area contributed by atoms with Crippen molar-refractivity contribution in [2.45, 2.75) is 5.67 Å². The quantitative estimate of drug-likeness (QED) is 0.208. The molecule has 0 fully saturated rings. The van der Waals surface area contributed by atoms with Gasteiger partial charge in [0.1, 0.15) is 23.2 Å². The number of amides is 1. The molecule has 0 aliphatic heterocycles. The van der Waals surface area contributed by atoms with Crippen LogP contribution in [0.1, 0.15) is 5.56 Å². The minimum absolute atomic E-state index is 0.0511. The molecule has 41 heavy (non-hydrogen) atoms. The number of hydrogen-bond acceptors (Lipinski definition) is 6. The number of alkyl halides is 1. The van der Waals surface area contributed by atoms with Gasteiger partial charge in [0.2, 0.25) is 11.9 Å². The summed E-state index contributed by atoms with van der Waals surface area (Å²) >= 11 is 6.04. The Bertz CT molecular complexity index is 1890. The molecule has 8 nitrogen and oxygen atoms in total. The third kappa shape index (κ3) is 4.68. The Morgan fingerprint density at radius 3 is 2.78 bits per heavy atom. The fourth-order valence-electron chi connectivity index (χ4n) is 4.91. The van der Waals surface area contributed by atoms with Crippen molar-refractivity contribution in [1.82, 2.24) is 19.6 Å². The zero-order chi connectivity index (χ0) is 28.7. The maximum absolute atomic E-state index is 16.4. The number of carbonyl (C=O) groups is 1. The van der Waals surface area contributed by atoms with Gasteiger partial charge in [0.05, 0.1) is 21.8 Å². The highest BCUT2D eigenvalue weighted by Gasteiger charge is 2.46. The number of hydrogen-bond donors (Lipinski definition) is 3. The highest BCUT2D eigenvalue weighted by atomic mass is 35.5. The Morgan fingerprint density at radius 1 is 1.12 bits per heavy atom. The molecule has 204 valence electrons. The summed E-state index contributed by atoms with van der Waals surface area (Å²) in [5.41, 5.74) is 6.41. The lowest BCUT2D eigenvalue weighted by molar-refractivity contribution is -0.125. The first-order chi connectivity index (χ1) is 19.7. The number of carbonyl (C=O) groups excluding carboxylic acids is 1. The van der Waals surface area contributed by atoms with Crippen molar-refractivity contribution in [3.05, 3.63) is 114 Å². The Labute approximate surface area is 237 Å². The van der Waals surface area contributed by atoms with E-state index in [0.717, 1.165) is 17.7 Å². The van der Waals surface area contributed by atoms with E-state index in [-0.39, 0.29) is 22.3 Å². The predicted octanol–water partition coefficient (Wildman–Crippen LogP) is 6.25. The van der Waals surface area contributed by atoms with E-state index in [4.69, 9.17) is 22.4 Å². The third-order valence-corrected chi connectivity index (χ3v) is 7.11. The van der Waals surface area contributed by atoms with Crippen molar-refractivity contribution < 1.29 is 18.7 Å². The van der Waals surface area contributed by atoms with Gasteiger partial charge >= 0.3 is 0 Å². The second-order valence-corrected chi connectivity index (χ2v) is 9.81. The number of aromatic nitrogens is 4. The molecule has 0 spiro atoms. The van der Waals surface area contributed by atoms with Crippen LogP contribution in [0, 0.1) is 5.92 Å². The molecule has 0 saturated carbocycles. The van der Waals surface area contributed by atoms with Crippen LogP contribution in [0.3, 0.4) is 0 Å². The molecule has 2 unspecified atom stereocenters. The summed E-state index contributed by atoms with van der Waals surface area (Å²) < 4.78 is 32.6. The Morgan fingerprint density at radius 2 is 1.98 bits per heavy atom. The first-order valence-corrected chi connectivity index (χ1v) is 12.8. The lowest BCUT2D eigenvalue weighted by Gasteiger charge is -2.31. The van der Waals surface area contributed by atoms with E-state index in [1.165, 1.54) is 24.3 Å². The van der Waals surface area contributed by atoms with Gasteiger partial charge in [-0.2, -0.15) is 5.10 Å². The molecule has 2 aromatic carbocycles. The van der Waals surface area contributed by atoms with Crippen LogP contribution in [0.2, 0.25) is 5.02 Å². The fourth-order valence-corrected chi connectivity index (χ4v) is 5.09. The van der Waals surface area contributed by atoms with Gasteiger partial charge < -0.3 is 16.2 Å². The maximum atomic E-state index is 16.4. The van der Waals surface area contributed by atoms with E-state index in [2.05, 4.69) is 15.3 Å². The molecule has 3 aromatic heterocycles. The summed E-state index contributed by atoms with van der Waals surface area (Å²) in [5.74, 6) is -3.64. The molecule has 0 bridgehead atoms. The van der Waals surface area contributed by atoms with Crippen molar-refractivity contribution in [3.8, 4) is 28.3 Å². The van der Waals surface area contributed by atoms with Crippen LogP contribution in [0.25, 0.3) is 28.0 Å². The average Bonchev–Trinajstić information content (AvgIpc) is 3.35. The van der Waals surface area contributed by atoms with Crippen LogP contribution >= 0.6 is 11.6 Å². The fraction of sp³-hybridized carbons (Fsp3) is 0.0667. The van der Waals surface area contributed by atoms with Crippen LogP contribution in [0.5, 0.6) is 5.75 Å². The van der Waals surface area contributed by atoms with Gasteiger partial charge in [-0.3, -0.25) is 4.79 Å². The van der Waals surface area contributed by atoms with E-state index in [1.807, 2.05) is 18.2 Å². The molecule has 0 saturated heterocycles. The Balaban J connectivity index is 1.46. The van der Waals surface area contributed by atoms with E-state index in [9.17, 15) is 14.3 Å². The van der Waals surface area contributed by atoms with E-state index < -0.39 is 23.3 Å². The molecule has 2 atom stereocenters. The van der Waals surface area contributed by atoms with Crippen molar-refractivity contribution in [2.75, 3.05) is 5.32 Å². The van der Waals surface area contributed by atoms with Crippen molar-refractivity contribution in [1.29, 1.82) is 0 Å². The third-order valence-electron chi connectivity index (χ3n) is 6.81. The van der Waals surface area contributed by atoms with Crippen LogP contribution in [0.15, 0.2) is 103 Å². The van der Waals surface area contributed by atoms with Crippen molar-refractivity contribution >= 4 is 34.7 Å². The number of allylic oxidation sites excluding steroid dienone is 3. The highest BCUT2D eigenvalue weighted by molar-refractivity contribution is 6.32. The number of nitrogens with zero attached hydrogens (tertiary/aromatic N) is 4. The number of fused-ring (bicyclic) bond motifs is 1.